The lowest BCUT2D eigenvalue weighted by molar-refractivity contribution is -0.171. The smallest absolute Gasteiger partial charge is 0.298 e. The number of phenols is 1. The summed E-state index contributed by atoms with van der Waals surface area (Å²) in [6, 6.07) is 0. The minimum absolute atomic E-state index is 0.0454. The Morgan fingerprint density at radius 3 is 2.41 bits per heavy atom. The first-order valence-corrected chi connectivity index (χ1v) is 16.1. The van der Waals surface area contributed by atoms with Gasteiger partial charge in [-0.2, -0.15) is 0 Å². The van der Waals surface area contributed by atoms with E-state index in [2.05, 4.69) is 19.9 Å². The summed E-state index contributed by atoms with van der Waals surface area (Å²) in [6.07, 6.45) is 13.8. The Kier molecular flexibility index (Phi) is 7.54. The Morgan fingerprint density at radius 2 is 1.74 bits per heavy atom. The van der Waals surface area contributed by atoms with Crippen LogP contribution in [0.2, 0.25) is 0 Å². The van der Waals surface area contributed by atoms with E-state index in [0.29, 0.717) is 53.9 Å². The van der Waals surface area contributed by atoms with Crippen LogP contribution in [0.15, 0.2) is 52.9 Å². The third kappa shape index (κ3) is 4.55. The standard InChI is InChI=1S/C38H44O8/c1-21(2)10-9-15-36(8)16-14-25-30(40)29-31(41)27-18-24-19-28-35(6,7)46-37(34(24)42,17-13-23(5)43-20-39)38(27,28)45-33(29)26(32(25)44-36)12-11-22(3)4/h10-11,13-14,16,18,20,24,28,40H,9,12,15,17,19H2,1-8H3/b23-13-/t24?,28?,36-,37-,38-/m1/s1. The van der Waals surface area contributed by atoms with Gasteiger partial charge in [-0.25, -0.2) is 0 Å². The molecule has 0 aromatic heterocycles. The predicted octanol–water partition coefficient (Wildman–Crippen LogP) is 7.29. The average molecular weight is 629 g/mol. The molecule has 1 saturated carbocycles. The van der Waals surface area contributed by atoms with Crippen LogP contribution in [0, 0.1) is 11.8 Å². The summed E-state index contributed by atoms with van der Waals surface area (Å²) in [7, 11) is 0. The van der Waals surface area contributed by atoms with Crippen molar-refractivity contribution in [2.75, 3.05) is 0 Å². The van der Waals surface area contributed by atoms with E-state index in [1.165, 1.54) is 5.57 Å². The second-order valence-corrected chi connectivity index (χ2v) is 14.6. The van der Waals surface area contributed by atoms with Crippen LogP contribution in [-0.2, 0) is 25.5 Å². The van der Waals surface area contributed by atoms with E-state index in [1.54, 1.807) is 19.1 Å². The SMILES string of the molecule is CC(C)=CCC[C@]1(C)C=Cc2c(O)c3c(c(CC=C(C)C)c2O1)O[C@]12C(=CC4CC1C(C)(C)O[C@]2(C/C=C(/C)OC=O)C4=O)C3=O. The van der Waals surface area contributed by atoms with Gasteiger partial charge in [-0.1, -0.05) is 29.4 Å². The number of fused-ring (bicyclic) bond motifs is 2. The van der Waals surface area contributed by atoms with E-state index in [0.717, 1.165) is 12.0 Å². The number of ketones is 2. The number of aromatic hydroxyl groups is 1. The molecule has 1 spiro atoms. The van der Waals surface area contributed by atoms with E-state index in [9.17, 15) is 19.5 Å². The van der Waals surface area contributed by atoms with Crippen LogP contribution in [0.4, 0.5) is 0 Å². The van der Waals surface area contributed by atoms with Crippen molar-refractivity contribution in [3.8, 4) is 17.2 Å². The number of rotatable bonds is 9. The summed E-state index contributed by atoms with van der Waals surface area (Å²) < 4.78 is 25.7. The van der Waals surface area contributed by atoms with Gasteiger partial charge in [0.2, 0.25) is 0 Å². The minimum Gasteiger partial charge on any atom is -0.506 e. The van der Waals surface area contributed by atoms with Crippen LogP contribution in [0.5, 0.6) is 17.2 Å². The fourth-order valence-electron chi connectivity index (χ4n) is 8.20. The minimum atomic E-state index is -1.55. The van der Waals surface area contributed by atoms with Crippen molar-refractivity contribution >= 4 is 24.1 Å². The highest BCUT2D eigenvalue weighted by Gasteiger charge is 2.81. The highest BCUT2D eigenvalue weighted by atomic mass is 16.6. The molecule has 0 radical (unpaired) electrons. The van der Waals surface area contributed by atoms with Gasteiger partial charge in [0, 0.05) is 29.4 Å². The molecule has 2 fully saturated rings. The van der Waals surface area contributed by atoms with Crippen molar-refractivity contribution in [1.82, 2.24) is 0 Å². The Balaban J connectivity index is 1.58. The van der Waals surface area contributed by atoms with Crippen molar-refractivity contribution in [3.63, 3.8) is 0 Å². The fourth-order valence-corrected chi connectivity index (χ4v) is 8.20. The third-order valence-electron chi connectivity index (χ3n) is 10.4. The summed E-state index contributed by atoms with van der Waals surface area (Å²) in [5, 5.41) is 11.8. The molecule has 244 valence electrons. The molecule has 1 aromatic rings. The number of allylic oxidation sites excluding steroid dienone is 6. The number of ether oxygens (including phenoxy) is 4. The van der Waals surface area contributed by atoms with Crippen LogP contribution in [0.3, 0.4) is 0 Å². The monoisotopic (exact) mass is 628 g/mol. The average Bonchev–Trinajstić information content (AvgIpc) is 3.12. The number of carbonyl (C=O) groups excluding carboxylic acids is 3. The molecule has 4 bridgehead atoms. The molecule has 1 N–H and O–H groups in total. The number of Topliss-reactive ketones (excluding diaryl/α,β-unsaturated/α-hetero) is 2. The van der Waals surface area contributed by atoms with Crippen LogP contribution in [0.1, 0.15) is 103 Å². The lowest BCUT2D eigenvalue weighted by atomic mass is 9.51. The molecule has 6 aliphatic rings. The highest BCUT2D eigenvalue weighted by Crippen LogP contribution is 2.68. The lowest BCUT2D eigenvalue weighted by Crippen LogP contribution is -2.72. The van der Waals surface area contributed by atoms with E-state index in [1.807, 2.05) is 52.8 Å². The van der Waals surface area contributed by atoms with Crippen molar-refractivity contribution in [1.29, 1.82) is 0 Å². The molecule has 0 amide bonds. The molecule has 1 saturated heterocycles. The molecule has 7 rings (SSSR count). The number of benzene rings is 1. The Morgan fingerprint density at radius 1 is 1.02 bits per heavy atom. The highest BCUT2D eigenvalue weighted by molar-refractivity contribution is 6.19. The summed E-state index contributed by atoms with van der Waals surface area (Å²) in [5.41, 5.74) is -0.687. The van der Waals surface area contributed by atoms with Crippen molar-refractivity contribution in [3.05, 3.63) is 69.5 Å². The molecule has 3 aliphatic heterocycles. The van der Waals surface area contributed by atoms with E-state index >= 15 is 0 Å². The Hall–Kier alpha value is -3.91. The molecule has 1 aromatic carbocycles. The van der Waals surface area contributed by atoms with E-state index in [-0.39, 0.29) is 41.0 Å². The maximum absolute atomic E-state index is 14.7. The van der Waals surface area contributed by atoms with Gasteiger partial charge in [-0.3, -0.25) is 14.4 Å². The molecular formula is C38H44O8. The summed E-state index contributed by atoms with van der Waals surface area (Å²) >= 11 is 0. The van der Waals surface area contributed by atoms with Gasteiger partial charge in [0.1, 0.15) is 34.2 Å². The van der Waals surface area contributed by atoms with Gasteiger partial charge >= 0.3 is 0 Å². The Bertz CT molecular complexity index is 1690. The van der Waals surface area contributed by atoms with Gasteiger partial charge in [0.05, 0.1) is 11.2 Å². The first-order chi connectivity index (χ1) is 21.6. The molecule has 3 aliphatic carbocycles. The quantitative estimate of drug-likeness (QED) is 0.173. The van der Waals surface area contributed by atoms with Gasteiger partial charge in [0.25, 0.3) is 6.47 Å². The van der Waals surface area contributed by atoms with Crippen LogP contribution in [-0.4, -0.2) is 45.5 Å². The number of hydrogen-bond donors (Lipinski definition) is 1. The van der Waals surface area contributed by atoms with Crippen LogP contribution in [0.25, 0.3) is 6.08 Å². The van der Waals surface area contributed by atoms with E-state index in [4.69, 9.17) is 18.9 Å². The third-order valence-corrected chi connectivity index (χ3v) is 10.4. The first kappa shape index (κ1) is 32.0. The van der Waals surface area contributed by atoms with Gasteiger partial charge in [0.15, 0.2) is 22.8 Å². The zero-order valence-electron chi connectivity index (χ0n) is 28.0. The van der Waals surface area contributed by atoms with Gasteiger partial charge in [-0.15, -0.1) is 0 Å². The lowest BCUT2D eigenvalue weighted by Gasteiger charge is -2.56. The topological polar surface area (TPSA) is 108 Å². The molecule has 5 atom stereocenters. The number of carbonyl (C=O) groups is 3. The number of phenolic OH excluding ortho intramolecular Hbond substituents is 1. The molecule has 46 heavy (non-hydrogen) atoms. The van der Waals surface area contributed by atoms with Crippen LogP contribution >= 0.6 is 0 Å². The van der Waals surface area contributed by atoms with Crippen molar-refractivity contribution in [2.24, 2.45) is 11.8 Å². The van der Waals surface area contributed by atoms with Gasteiger partial charge < -0.3 is 24.1 Å². The number of hydrogen-bond acceptors (Lipinski definition) is 8. The van der Waals surface area contributed by atoms with Crippen molar-refractivity contribution in [2.45, 2.75) is 110 Å². The largest absolute Gasteiger partial charge is 0.506 e. The fraction of sp³-hybridized carbons (Fsp3) is 0.500. The van der Waals surface area contributed by atoms with Crippen molar-refractivity contribution < 1.29 is 38.4 Å². The second kappa shape index (κ2) is 10.8. The van der Waals surface area contributed by atoms with Crippen LogP contribution < -0.4 is 9.47 Å². The second-order valence-electron chi connectivity index (χ2n) is 14.6. The first-order valence-electron chi connectivity index (χ1n) is 16.1. The van der Waals surface area contributed by atoms with Gasteiger partial charge in [-0.05, 0) is 99.3 Å². The van der Waals surface area contributed by atoms with E-state index < -0.39 is 28.3 Å². The Labute approximate surface area is 270 Å². The summed E-state index contributed by atoms with van der Waals surface area (Å²) in [6.45, 7) is 16.0. The molecule has 2 unspecified atom stereocenters. The molecule has 3 heterocycles. The maximum Gasteiger partial charge on any atom is 0.298 e. The molecular weight excluding hydrogens is 584 g/mol. The zero-order chi connectivity index (χ0) is 33.4. The summed E-state index contributed by atoms with van der Waals surface area (Å²) in [5.74, 6) is -0.605. The predicted molar refractivity (Wildman–Crippen MR) is 174 cm³/mol. The molecule has 8 heteroatoms. The zero-order valence-corrected chi connectivity index (χ0v) is 28.0. The maximum atomic E-state index is 14.7. The molecule has 8 nitrogen and oxygen atoms in total. The normalized spacial score (nSPS) is 31.1. The summed E-state index contributed by atoms with van der Waals surface area (Å²) in [4.78, 5) is 40.1.